The zero-order chi connectivity index (χ0) is 44.0. The van der Waals surface area contributed by atoms with Crippen LogP contribution in [0.3, 0.4) is 0 Å². The highest BCUT2D eigenvalue weighted by Gasteiger charge is 2.59. The predicted octanol–water partition coefficient (Wildman–Crippen LogP) is 6.03. The summed E-state index contributed by atoms with van der Waals surface area (Å²) in [5.74, 6) is -1.02. The monoisotopic (exact) mass is 867 g/mol. The van der Waals surface area contributed by atoms with Crippen LogP contribution in [0.4, 0.5) is 8.78 Å². The Morgan fingerprint density at radius 1 is 0.984 bits per heavy atom. The fraction of sp³-hybridized carbons (Fsp3) is 0.370. The van der Waals surface area contributed by atoms with Crippen LogP contribution in [0.25, 0.3) is 39.1 Å². The van der Waals surface area contributed by atoms with Crippen LogP contribution in [0, 0.1) is 31.4 Å². The highest BCUT2D eigenvalue weighted by atomic mass is 19.1. The Morgan fingerprint density at radius 2 is 1.77 bits per heavy atom. The van der Waals surface area contributed by atoms with Gasteiger partial charge in [0.1, 0.15) is 28.5 Å². The Kier molecular flexibility index (Phi) is 8.18. The van der Waals surface area contributed by atoms with E-state index in [0.29, 0.717) is 82.6 Å². The SMILES string of the molecule is Cc1cc(-n2nc3c(c2-n2ccn(-c4ccc5c(cnn5C)c4F)c2=O)CN(C(=O)c2cc4cc([C@H]5CCOC6(CC6)C5)cnc4n2[C@@]2(c4noc(=O)[nH]4)C[C@@H]2C)CC3)cc(C)c1F. The smallest absolute Gasteiger partial charge is 0.375 e. The summed E-state index contributed by atoms with van der Waals surface area (Å²) < 4.78 is 50.0. The van der Waals surface area contributed by atoms with Crippen molar-refractivity contribution in [3.63, 3.8) is 0 Å². The second kappa shape index (κ2) is 13.5. The third-order valence-corrected chi connectivity index (χ3v) is 14.2. The molecular formula is C46H43F2N11O5. The van der Waals surface area contributed by atoms with Crippen molar-refractivity contribution in [2.24, 2.45) is 13.0 Å². The van der Waals surface area contributed by atoms with E-state index in [4.69, 9.17) is 19.3 Å². The third kappa shape index (κ3) is 5.63. The van der Waals surface area contributed by atoms with Gasteiger partial charge in [-0.1, -0.05) is 12.1 Å². The minimum absolute atomic E-state index is 0.0258. The first-order valence-corrected chi connectivity index (χ1v) is 21.6. The Morgan fingerprint density at radius 3 is 2.50 bits per heavy atom. The molecule has 3 atom stereocenters. The van der Waals surface area contributed by atoms with Crippen LogP contribution in [-0.2, 0) is 30.3 Å². The van der Waals surface area contributed by atoms with Crippen molar-refractivity contribution in [2.45, 2.75) is 82.9 Å². The molecule has 6 aromatic heterocycles. The number of imidazole rings is 1. The highest BCUT2D eigenvalue weighted by Crippen LogP contribution is 2.56. The quantitative estimate of drug-likeness (QED) is 0.201. The van der Waals surface area contributed by atoms with Gasteiger partial charge in [0.15, 0.2) is 11.6 Å². The molecule has 4 aliphatic rings. The minimum atomic E-state index is -0.899. The molecule has 326 valence electrons. The number of nitrogens with one attached hydrogen (secondary N) is 1. The molecule has 0 unspecified atom stereocenters. The fourth-order valence-electron chi connectivity index (χ4n) is 10.5. The number of carbonyl (C=O) groups excluding carboxylic acids is 1. The first-order valence-electron chi connectivity index (χ1n) is 21.6. The summed E-state index contributed by atoms with van der Waals surface area (Å²) in [5, 5.41) is 14.4. The number of carbonyl (C=O) groups is 1. The topological polar surface area (TPSA) is 169 Å². The average Bonchev–Trinajstić information content (AvgIpc) is 3.71. The number of halogens is 2. The van der Waals surface area contributed by atoms with Crippen molar-refractivity contribution < 1.29 is 22.8 Å². The van der Waals surface area contributed by atoms with E-state index in [-0.39, 0.29) is 46.8 Å². The van der Waals surface area contributed by atoms with Crippen molar-refractivity contribution in [1.82, 2.24) is 53.3 Å². The first kappa shape index (κ1) is 38.7. The molecule has 16 nitrogen and oxygen atoms in total. The number of ether oxygens (including phenoxy) is 1. The van der Waals surface area contributed by atoms with E-state index in [1.165, 1.54) is 27.6 Å². The number of fused-ring (bicyclic) bond motifs is 3. The van der Waals surface area contributed by atoms with Crippen LogP contribution >= 0.6 is 0 Å². The van der Waals surface area contributed by atoms with E-state index in [1.807, 2.05) is 23.8 Å². The molecule has 18 heteroatoms. The van der Waals surface area contributed by atoms with E-state index < -0.39 is 22.8 Å². The number of hydrogen-bond acceptors (Lipinski definition) is 9. The molecule has 8 aromatic rings. The second-order valence-electron chi connectivity index (χ2n) is 18.2. The lowest BCUT2D eigenvalue weighted by molar-refractivity contribution is -0.0132. The molecule has 0 radical (unpaired) electrons. The predicted molar refractivity (Wildman–Crippen MR) is 228 cm³/mol. The summed E-state index contributed by atoms with van der Waals surface area (Å²) in [4.78, 5) is 51.8. The van der Waals surface area contributed by atoms with Crippen LogP contribution in [0.15, 0.2) is 75.3 Å². The van der Waals surface area contributed by atoms with Gasteiger partial charge in [0.25, 0.3) is 5.91 Å². The molecule has 0 bridgehead atoms. The van der Waals surface area contributed by atoms with Gasteiger partial charge in [-0.2, -0.15) is 10.2 Å². The lowest BCUT2D eigenvalue weighted by atomic mass is 9.88. The Balaban J connectivity index is 0.983. The molecule has 12 rings (SSSR count). The van der Waals surface area contributed by atoms with Gasteiger partial charge in [-0.25, -0.2) is 28.0 Å². The Labute approximate surface area is 362 Å². The van der Waals surface area contributed by atoms with Gasteiger partial charge in [-0.15, -0.1) is 0 Å². The van der Waals surface area contributed by atoms with Crippen LogP contribution in [0.2, 0.25) is 0 Å². The van der Waals surface area contributed by atoms with Gasteiger partial charge in [-0.05, 0) is 111 Å². The van der Waals surface area contributed by atoms with Crippen molar-refractivity contribution in [3.05, 3.63) is 133 Å². The molecule has 1 amide bonds. The molecule has 64 heavy (non-hydrogen) atoms. The highest BCUT2D eigenvalue weighted by molar-refractivity contribution is 5.99. The van der Waals surface area contributed by atoms with E-state index in [2.05, 4.69) is 21.3 Å². The first-order chi connectivity index (χ1) is 30.8. The third-order valence-electron chi connectivity index (χ3n) is 14.2. The normalized spacial score (nSPS) is 21.3. The lowest BCUT2D eigenvalue weighted by Crippen LogP contribution is -2.39. The van der Waals surface area contributed by atoms with E-state index >= 15 is 13.6 Å². The maximum atomic E-state index is 16.1. The molecule has 1 spiro atoms. The van der Waals surface area contributed by atoms with Gasteiger partial charge in [0.05, 0.1) is 46.3 Å². The van der Waals surface area contributed by atoms with Crippen molar-refractivity contribution in [3.8, 4) is 17.2 Å². The van der Waals surface area contributed by atoms with Gasteiger partial charge in [0, 0.05) is 56.2 Å². The summed E-state index contributed by atoms with van der Waals surface area (Å²) in [6, 6.07) is 10.6. The Bertz CT molecular complexity index is 3380. The maximum Gasteiger partial charge on any atom is 0.438 e. The molecule has 1 N–H and O–H groups in total. The summed E-state index contributed by atoms with van der Waals surface area (Å²) in [5.41, 5.74) is 3.73. The number of H-pyrrole nitrogens is 1. The van der Waals surface area contributed by atoms with Crippen LogP contribution in [0.5, 0.6) is 0 Å². The van der Waals surface area contributed by atoms with Crippen molar-refractivity contribution in [2.75, 3.05) is 13.2 Å². The Hall–Kier alpha value is -6.95. The largest absolute Gasteiger partial charge is 0.438 e. The molecule has 2 aliphatic carbocycles. The number of aromatic nitrogens is 10. The van der Waals surface area contributed by atoms with Gasteiger partial charge < -0.3 is 14.2 Å². The molecule has 2 saturated carbocycles. The van der Waals surface area contributed by atoms with Gasteiger partial charge in [-0.3, -0.25) is 28.1 Å². The molecule has 2 aliphatic heterocycles. The van der Waals surface area contributed by atoms with Crippen LogP contribution < -0.4 is 11.4 Å². The molecule has 3 fully saturated rings. The van der Waals surface area contributed by atoms with Crippen LogP contribution in [-0.4, -0.2) is 77.9 Å². The molecular weight excluding hydrogens is 825 g/mol. The molecule has 2 aromatic carbocycles. The number of amides is 1. The summed E-state index contributed by atoms with van der Waals surface area (Å²) in [6.07, 6.45) is 11.2. The maximum absolute atomic E-state index is 16.1. The van der Waals surface area contributed by atoms with Crippen LogP contribution in [0.1, 0.15) is 89.2 Å². The summed E-state index contributed by atoms with van der Waals surface area (Å²) in [6.45, 7) is 6.42. The number of nitrogens with zero attached hydrogens (tertiary/aromatic N) is 10. The number of benzene rings is 2. The summed E-state index contributed by atoms with van der Waals surface area (Å²) >= 11 is 0. The van der Waals surface area contributed by atoms with E-state index in [0.717, 1.165) is 36.6 Å². The molecule has 1 saturated heterocycles. The minimum Gasteiger partial charge on any atom is -0.375 e. The molecule has 8 heterocycles. The lowest BCUT2D eigenvalue weighted by Gasteiger charge is -2.30. The van der Waals surface area contributed by atoms with E-state index in [1.54, 1.807) is 59.6 Å². The average molecular weight is 868 g/mol. The van der Waals surface area contributed by atoms with Crippen molar-refractivity contribution >= 4 is 27.8 Å². The fourth-order valence-corrected chi connectivity index (χ4v) is 10.5. The number of hydrogen-bond donors (Lipinski definition) is 1. The zero-order valence-corrected chi connectivity index (χ0v) is 35.6. The number of aromatic amines is 1. The number of aryl methyl sites for hydroxylation is 3. The standard InChI is InChI=1S/C46H43F2N11O5/c1-24-15-30(16-25(2)37(24)47)59-40(57-13-12-56(44(57)62)35-6-5-34-31(38(35)48)22-50-54(34)4)32-23-55(11-7-33(32)52-59)41(60)36-18-28-17-29(27-8-14-63-45(20-27)9-10-45)21-49-39(28)58(36)46(19-26(46)3)42-51-43(61)64-53-42/h5-6,12-13,15-18,21-22,26-27H,7-11,14,19-20,23H2,1-4H3,(H,51,53,61)/t26-,27-,46-/m0/s1. The summed E-state index contributed by atoms with van der Waals surface area (Å²) in [7, 11) is 1.72. The van der Waals surface area contributed by atoms with Gasteiger partial charge >= 0.3 is 11.4 Å². The zero-order valence-electron chi connectivity index (χ0n) is 35.6. The van der Waals surface area contributed by atoms with E-state index in [9.17, 15) is 9.59 Å². The number of pyridine rings is 1. The van der Waals surface area contributed by atoms with Crippen molar-refractivity contribution in [1.29, 1.82) is 0 Å². The number of rotatable bonds is 7. The van der Waals surface area contributed by atoms with Gasteiger partial charge in [0.2, 0.25) is 0 Å². The second-order valence-corrected chi connectivity index (χ2v) is 18.2.